The topological polar surface area (TPSA) is 61.1 Å². The van der Waals surface area contributed by atoms with Gasteiger partial charge in [0.25, 0.3) is 0 Å². The van der Waals surface area contributed by atoms with Crippen LogP contribution in [-0.4, -0.2) is 13.0 Å². The lowest BCUT2D eigenvalue weighted by Crippen LogP contribution is -2.32. The van der Waals surface area contributed by atoms with E-state index in [-0.39, 0.29) is 4.90 Å². The van der Waals surface area contributed by atoms with Crippen LogP contribution in [0.25, 0.3) is 0 Å². The van der Waals surface area contributed by atoms with Gasteiger partial charge in [-0.15, -0.1) is 0 Å². The molecule has 0 aliphatic carbocycles. The van der Waals surface area contributed by atoms with Crippen LogP contribution in [0.5, 0.6) is 0 Å². The van der Waals surface area contributed by atoms with Gasteiger partial charge in [-0.05, 0) is 30.9 Å². The molecule has 2 aromatic rings. The standard InChI is InChI=1S/C18H30O3S.C13H22N/c1-2-3-4-5-6-7-8-9-10-11-14-17-15-12-13-16-18(17)22(19,20)21;1-2-3-4-5-6-8-11-14-12-9-7-10-13-14/h12-13,15-16H,2-11,14H2,1H3,(H,19,20,21);7,9-10,12-13H,2-6,8,11H2,1H3/q;+1/p-1. The summed E-state index contributed by atoms with van der Waals surface area (Å²) in [6.45, 7) is 5.67. The highest BCUT2D eigenvalue weighted by molar-refractivity contribution is 7.85. The van der Waals surface area contributed by atoms with Crippen molar-refractivity contribution >= 4 is 10.1 Å². The summed E-state index contributed by atoms with van der Waals surface area (Å²) in [5.74, 6) is 0. The summed E-state index contributed by atoms with van der Waals surface area (Å²) in [4.78, 5) is -0.0501. The molecule has 36 heavy (non-hydrogen) atoms. The Morgan fingerprint density at radius 3 is 1.61 bits per heavy atom. The predicted molar refractivity (Wildman–Crippen MR) is 150 cm³/mol. The van der Waals surface area contributed by atoms with Crippen LogP contribution in [0.3, 0.4) is 0 Å². The molecule has 0 spiro atoms. The second-order valence-corrected chi connectivity index (χ2v) is 11.2. The van der Waals surface area contributed by atoms with Crippen LogP contribution >= 0.6 is 0 Å². The first-order valence-corrected chi connectivity index (χ1v) is 15.9. The fourth-order valence-corrected chi connectivity index (χ4v) is 5.15. The molecule has 0 bridgehead atoms. The number of aryl methyl sites for hydroxylation is 2. The van der Waals surface area contributed by atoms with Crippen molar-refractivity contribution in [2.24, 2.45) is 0 Å². The number of aromatic nitrogens is 1. The molecule has 0 fully saturated rings. The third kappa shape index (κ3) is 16.9. The summed E-state index contributed by atoms with van der Waals surface area (Å²) in [5.41, 5.74) is 0.664. The lowest BCUT2D eigenvalue weighted by molar-refractivity contribution is -0.697. The maximum absolute atomic E-state index is 11.2. The fourth-order valence-electron chi connectivity index (χ4n) is 4.42. The maximum atomic E-state index is 11.2. The van der Waals surface area contributed by atoms with Gasteiger partial charge in [-0.25, -0.2) is 13.0 Å². The van der Waals surface area contributed by atoms with Gasteiger partial charge in [-0.2, -0.15) is 0 Å². The summed E-state index contributed by atoms with van der Waals surface area (Å²) >= 11 is 0. The maximum Gasteiger partial charge on any atom is 0.168 e. The van der Waals surface area contributed by atoms with Crippen molar-refractivity contribution in [2.45, 2.75) is 134 Å². The molecular formula is C31H51NO3S. The third-order valence-corrected chi connectivity index (χ3v) is 7.53. The molecule has 4 nitrogen and oxygen atoms in total. The molecule has 0 radical (unpaired) electrons. The number of rotatable bonds is 19. The second kappa shape index (κ2) is 21.4. The van der Waals surface area contributed by atoms with Crippen LogP contribution in [0.15, 0.2) is 59.8 Å². The number of nitrogens with zero attached hydrogens (tertiary/aromatic N) is 1. The first-order chi connectivity index (χ1) is 17.5. The zero-order valence-electron chi connectivity index (χ0n) is 23.0. The van der Waals surface area contributed by atoms with Crippen LogP contribution in [0, 0.1) is 0 Å². The zero-order chi connectivity index (χ0) is 26.3. The molecule has 0 amide bonds. The van der Waals surface area contributed by atoms with E-state index in [1.54, 1.807) is 18.2 Å². The van der Waals surface area contributed by atoms with Crippen molar-refractivity contribution < 1.29 is 17.5 Å². The fraction of sp³-hybridized carbons (Fsp3) is 0.645. The van der Waals surface area contributed by atoms with E-state index in [1.807, 2.05) is 0 Å². The van der Waals surface area contributed by atoms with Crippen LogP contribution in [0.2, 0.25) is 0 Å². The van der Waals surface area contributed by atoms with Crippen molar-refractivity contribution in [3.63, 3.8) is 0 Å². The minimum Gasteiger partial charge on any atom is -0.744 e. The van der Waals surface area contributed by atoms with Crippen LogP contribution in [0.1, 0.15) is 122 Å². The van der Waals surface area contributed by atoms with Gasteiger partial charge >= 0.3 is 0 Å². The van der Waals surface area contributed by atoms with Crippen molar-refractivity contribution in [3.05, 3.63) is 60.4 Å². The summed E-state index contributed by atoms with van der Waals surface area (Å²) in [6, 6.07) is 12.8. The zero-order valence-corrected chi connectivity index (χ0v) is 23.8. The van der Waals surface area contributed by atoms with E-state index < -0.39 is 10.1 Å². The van der Waals surface area contributed by atoms with Crippen LogP contribution in [0.4, 0.5) is 0 Å². The number of hydrogen-bond acceptors (Lipinski definition) is 3. The van der Waals surface area contributed by atoms with Crippen molar-refractivity contribution in [1.29, 1.82) is 0 Å². The van der Waals surface area contributed by atoms with Crippen molar-refractivity contribution in [2.75, 3.05) is 0 Å². The Balaban J connectivity index is 0.000000397. The molecule has 0 unspecified atom stereocenters. The molecule has 5 heteroatoms. The van der Waals surface area contributed by atoms with E-state index in [2.05, 4.69) is 49.0 Å². The van der Waals surface area contributed by atoms with E-state index in [1.165, 1.54) is 103 Å². The molecule has 0 atom stereocenters. The quantitative estimate of drug-likeness (QED) is 0.107. The summed E-state index contributed by atoms with van der Waals surface area (Å²) < 4.78 is 35.8. The molecular weight excluding hydrogens is 466 g/mol. The molecule has 0 saturated carbocycles. The molecule has 1 aromatic carbocycles. The second-order valence-electron chi connectivity index (χ2n) is 9.87. The number of pyridine rings is 1. The van der Waals surface area contributed by atoms with E-state index in [0.29, 0.717) is 12.0 Å². The van der Waals surface area contributed by atoms with Gasteiger partial charge in [0, 0.05) is 18.6 Å². The van der Waals surface area contributed by atoms with Crippen molar-refractivity contribution in [1.82, 2.24) is 0 Å². The first-order valence-electron chi connectivity index (χ1n) is 14.5. The van der Waals surface area contributed by atoms with Gasteiger partial charge in [0.15, 0.2) is 12.4 Å². The molecule has 0 N–H and O–H groups in total. The van der Waals surface area contributed by atoms with Crippen LogP contribution in [-0.2, 0) is 23.1 Å². The van der Waals surface area contributed by atoms with E-state index >= 15 is 0 Å². The van der Waals surface area contributed by atoms with Gasteiger partial charge < -0.3 is 4.55 Å². The average Bonchev–Trinajstić information content (AvgIpc) is 2.88. The normalized spacial score (nSPS) is 11.2. The Morgan fingerprint density at radius 2 is 1.08 bits per heavy atom. The van der Waals surface area contributed by atoms with E-state index in [0.717, 1.165) is 12.8 Å². The molecule has 204 valence electrons. The SMILES string of the molecule is CCCCCCCCCCCCc1ccccc1S(=O)(=O)[O-].CCCCCCCC[n+]1ccccc1. The Labute approximate surface area is 222 Å². The van der Waals surface area contributed by atoms with E-state index in [9.17, 15) is 13.0 Å². The highest BCUT2D eigenvalue weighted by Crippen LogP contribution is 2.18. The predicted octanol–water partition coefficient (Wildman–Crippen LogP) is 8.39. The highest BCUT2D eigenvalue weighted by atomic mass is 32.2. The molecule has 1 heterocycles. The van der Waals surface area contributed by atoms with Crippen LogP contribution < -0.4 is 4.57 Å². The first kappa shape index (κ1) is 32.3. The Kier molecular flexibility index (Phi) is 19.2. The molecule has 2 rings (SSSR count). The average molecular weight is 518 g/mol. The Morgan fingerprint density at radius 1 is 0.611 bits per heavy atom. The lowest BCUT2D eigenvalue weighted by atomic mass is 10.0. The Hall–Kier alpha value is -1.72. The largest absolute Gasteiger partial charge is 0.744 e. The number of unbranched alkanes of at least 4 members (excludes halogenated alkanes) is 14. The Bertz CT molecular complexity index is 868. The van der Waals surface area contributed by atoms with Gasteiger partial charge in [0.05, 0.1) is 4.90 Å². The minimum atomic E-state index is -4.35. The minimum absolute atomic E-state index is 0.0501. The smallest absolute Gasteiger partial charge is 0.168 e. The monoisotopic (exact) mass is 517 g/mol. The molecule has 0 aliphatic rings. The van der Waals surface area contributed by atoms with Gasteiger partial charge in [0.2, 0.25) is 0 Å². The molecule has 0 saturated heterocycles. The van der Waals surface area contributed by atoms with E-state index in [4.69, 9.17) is 0 Å². The van der Waals surface area contributed by atoms with Crippen molar-refractivity contribution in [3.8, 4) is 0 Å². The lowest BCUT2D eigenvalue weighted by Gasteiger charge is -2.12. The summed E-state index contributed by atoms with van der Waals surface area (Å²) in [5, 5.41) is 0. The third-order valence-electron chi connectivity index (χ3n) is 6.59. The molecule has 1 aromatic heterocycles. The summed E-state index contributed by atoms with van der Waals surface area (Å²) in [7, 11) is -4.35. The van der Waals surface area contributed by atoms with Gasteiger partial charge in [-0.3, -0.25) is 0 Å². The number of hydrogen-bond donors (Lipinski definition) is 0. The summed E-state index contributed by atoms with van der Waals surface area (Å²) in [6.07, 6.45) is 25.7. The molecule has 0 aliphatic heterocycles. The van der Waals surface area contributed by atoms with Gasteiger partial charge in [-0.1, -0.05) is 122 Å². The highest BCUT2D eigenvalue weighted by Gasteiger charge is 2.07. The number of benzene rings is 1. The van der Waals surface area contributed by atoms with Gasteiger partial charge in [0.1, 0.15) is 16.7 Å².